The van der Waals surface area contributed by atoms with Crippen LogP contribution in [0.5, 0.6) is 11.5 Å². The van der Waals surface area contributed by atoms with E-state index in [1.807, 2.05) is 18.2 Å². The van der Waals surface area contributed by atoms with Crippen molar-refractivity contribution < 1.29 is 17.9 Å². The normalized spacial score (nSPS) is 11.4. The second-order valence-electron chi connectivity index (χ2n) is 3.87. The van der Waals surface area contributed by atoms with Crippen molar-refractivity contribution in [3.05, 3.63) is 59.7 Å². The number of para-hydroxylation sites is 1. The molecule has 0 atom stereocenters. The van der Waals surface area contributed by atoms with E-state index in [-0.39, 0.29) is 0 Å². The zero-order valence-electron chi connectivity index (χ0n) is 9.75. The first kappa shape index (κ1) is 13.9. The van der Waals surface area contributed by atoms with Gasteiger partial charge in [-0.1, -0.05) is 34.1 Å². The Kier molecular flexibility index (Phi) is 4.14. The van der Waals surface area contributed by atoms with Crippen molar-refractivity contribution in [3.63, 3.8) is 0 Å². The number of benzene rings is 2. The van der Waals surface area contributed by atoms with Crippen LogP contribution < -0.4 is 4.74 Å². The highest BCUT2D eigenvalue weighted by Crippen LogP contribution is 2.32. The molecule has 2 aromatic rings. The fourth-order valence-electron chi connectivity index (χ4n) is 1.55. The van der Waals surface area contributed by atoms with Crippen molar-refractivity contribution >= 4 is 15.9 Å². The first-order valence-electron chi connectivity index (χ1n) is 5.49. The summed E-state index contributed by atoms with van der Waals surface area (Å²) < 4.78 is 42.8. The van der Waals surface area contributed by atoms with Crippen LogP contribution in [-0.4, -0.2) is 0 Å². The lowest BCUT2D eigenvalue weighted by atomic mass is 10.2. The maximum atomic E-state index is 12.4. The van der Waals surface area contributed by atoms with Crippen LogP contribution in [0.1, 0.15) is 11.1 Å². The second kappa shape index (κ2) is 5.65. The number of hydrogen-bond donors (Lipinski definition) is 0. The van der Waals surface area contributed by atoms with E-state index in [2.05, 4.69) is 15.9 Å². The van der Waals surface area contributed by atoms with Gasteiger partial charge in [-0.3, -0.25) is 0 Å². The quantitative estimate of drug-likeness (QED) is 0.685. The summed E-state index contributed by atoms with van der Waals surface area (Å²) in [6.45, 7) is 0. The van der Waals surface area contributed by atoms with Crippen molar-refractivity contribution in [2.45, 2.75) is 11.5 Å². The van der Waals surface area contributed by atoms with Crippen molar-refractivity contribution in [2.24, 2.45) is 0 Å². The van der Waals surface area contributed by atoms with Crippen LogP contribution in [0, 0.1) is 0 Å². The molecule has 1 nitrogen and oxygen atoms in total. The van der Waals surface area contributed by atoms with Gasteiger partial charge in [-0.05, 0) is 30.3 Å². The Morgan fingerprint density at radius 2 is 1.58 bits per heavy atom. The van der Waals surface area contributed by atoms with Gasteiger partial charge in [0.1, 0.15) is 11.5 Å². The van der Waals surface area contributed by atoms with E-state index in [1.165, 1.54) is 12.1 Å². The molecule has 0 saturated carbocycles. The molecule has 0 radical (unpaired) electrons. The maximum Gasteiger partial charge on any atom is 0.416 e. The molecule has 2 rings (SSSR count). The van der Waals surface area contributed by atoms with Crippen LogP contribution in [-0.2, 0) is 11.5 Å². The summed E-state index contributed by atoms with van der Waals surface area (Å²) >= 11 is 3.33. The first-order valence-corrected chi connectivity index (χ1v) is 6.62. The topological polar surface area (TPSA) is 9.23 Å². The Morgan fingerprint density at radius 1 is 0.947 bits per heavy atom. The molecular weight excluding hydrogens is 321 g/mol. The lowest BCUT2D eigenvalue weighted by Gasteiger charge is -2.11. The van der Waals surface area contributed by atoms with E-state index >= 15 is 0 Å². The van der Waals surface area contributed by atoms with Gasteiger partial charge < -0.3 is 4.74 Å². The average molecular weight is 331 g/mol. The van der Waals surface area contributed by atoms with Crippen molar-refractivity contribution in [2.75, 3.05) is 0 Å². The molecule has 0 unspecified atom stereocenters. The van der Waals surface area contributed by atoms with Crippen LogP contribution in [0.25, 0.3) is 0 Å². The second-order valence-corrected chi connectivity index (χ2v) is 4.43. The molecule has 0 aliphatic rings. The molecule has 0 N–H and O–H groups in total. The smallest absolute Gasteiger partial charge is 0.416 e. The minimum absolute atomic E-state index is 0.376. The number of halogens is 4. The number of rotatable bonds is 3. The highest BCUT2D eigenvalue weighted by Gasteiger charge is 2.30. The van der Waals surface area contributed by atoms with Gasteiger partial charge in [-0.2, -0.15) is 13.2 Å². The fourth-order valence-corrected chi connectivity index (χ4v) is 2.02. The third kappa shape index (κ3) is 3.50. The maximum absolute atomic E-state index is 12.4. The molecule has 0 fully saturated rings. The van der Waals surface area contributed by atoms with Crippen LogP contribution in [0.2, 0.25) is 0 Å². The molecule has 19 heavy (non-hydrogen) atoms. The van der Waals surface area contributed by atoms with Crippen LogP contribution in [0.4, 0.5) is 13.2 Å². The van der Waals surface area contributed by atoms with E-state index in [1.54, 1.807) is 6.07 Å². The zero-order chi connectivity index (χ0) is 13.9. The molecule has 0 amide bonds. The summed E-state index contributed by atoms with van der Waals surface area (Å²) in [5.41, 5.74) is 0.246. The molecule has 0 saturated heterocycles. The molecule has 0 aliphatic heterocycles. The predicted octanol–water partition coefficient (Wildman–Crippen LogP) is 5.39. The first-order chi connectivity index (χ1) is 9.00. The average Bonchev–Trinajstić information content (AvgIpc) is 2.39. The number of ether oxygens (including phenoxy) is 1. The van der Waals surface area contributed by atoms with Gasteiger partial charge >= 0.3 is 6.18 Å². The van der Waals surface area contributed by atoms with E-state index in [0.717, 1.165) is 17.7 Å². The largest absolute Gasteiger partial charge is 0.457 e. The van der Waals surface area contributed by atoms with Gasteiger partial charge in [0.05, 0.1) is 5.56 Å². The highest BCUT2D eigenvalue weighted by molar-refractivity contribution is 9.08. The predicted molar refractivity (Wildman–Crippen MR) is 70.6 cm³/mol. The van der Waals surface area contributed by atoms with E-state index in [9.17, 15) is 13.2 Å². The van der Waals surface area contributed by atoms with Crippen molar-refractivity contribution in [1.29, 1.82) is 0 Å². The molecule has 0 aliphatic carbocycles. The Morgan fingerprint density at radius 3 is 2.16 bits per heavy atom. The number of hydrogen-bond acceptors (Lipinski definition) is 1. The number of alkyl halides is 4. The van der Waals surface area contributed by atoms with Gasteiger partial charge in [0.2, 0.25) is 0 Å². The van der Waals surface area contributed by atoms with E-state index in [0.29, 0.717) is 16.8 Å². The molecule has 5 heteroatoms. The summed E-state index contributed by atoms with van der Waals surface area (Å²) in [7, 11) is 0. The standard InChI is InChI=1S/C14H10BrF3O/c15-9-10-3-1-2-4-13(10)19-12-7-5-11(6-8-12)14(16,17)18/h1-8H,9H2. The van der Waals surface area contributed by atoms with Crippen molar-refractivity contribution in [1.82, 2.24) is 0 Å². The molecular formula is C14H10BrF3O. The van der Waals surface area contributed by atoms with Crippen LogP contribution >= 0.6 is 15.9 Å². The fraction of sp³-hybridized carbons (Fsp3) is 0.143. The van der Waals surface area contributed by atoms with Gasteiger partial charge in [0, 0.05) is 10.9 Å². The SMILES string of the molecule is FC(F)(F)c1ccc(Oc2ccccc2CBr)cc1. The molecule has 0 spiro atoms. The third-order valence-electron chi connectivity index (χ3n) is 2.53. The Hall–Kier alpha value is -1.49. The Labute approximate surface area is 117 Å². The minimum Gasteiger partial charge on any atom is -0.457 e. The zero-order valence-corrected chi connectivity index (χ0v) is 11.3. The summed E-state index contributed by atoms with van der Waals surface area (Å²) in [4.78, 5) is 0. The van der Waals surface area contributed by atoms with Gasteiger partial charge in [-0.15, -0.1) is 0 Å². The van der Waals surface area contributed by atoms with Gasteiger partial charge in [-0.25, -0.2) is 0 Å². The molecule has 100 valence electrons. The Balaban J connectivity index is 2.20. The molecule has 0 heterocycles. The summed E-state index contributed by atoms with van der Waals surface area (Å²) in [6, 6.07) is 12.0. The Bertz CT molecular complexity index is 549. The highest BCUT2D eigenvalue weighted by atomic mass is 79.9. The summed E-state index contributed by atoms with van der Waals surface area (Å²) in [5, 5.41) is 0.615. The van der Waals surface area contributed by atoms with Crippen molar-refractivity contribution in [3.8, 4) is 11.5 Å². The van der Waals surface area contributed by atoms with E-state index < -0.39 is 11.7 Å². The molecule has 0 aromatic heterocycles. The molecule has 2 aromatic carbocycles. The lowest BCUT2D eigenvalue weighted by molar-refractivity contribution is -0.137. The molecule has 0 bridgehead atoms. The van der Waals surface area contributed by atoms with Gasteiger partial charge in [0.25, 0.3) is 0 Å². The summed E-state index contributed by atoms with van der Waals surface area (Å²) in [6.07, 6.45) is -4.33. The van der Waals surface area contributed by atoms with E-state index in [4.69, 9.17) is 4.74 Å². The third-order valence-corrected chi connectivity index (χ3v) is 3.13. The van der Waals surface area contributed by atoms with Gasteiger partial charge in [0.15, 0.2) is 0 Å². The minimum atomic E-state index is -4.33. The van der Waals surface area contributed by atoms with Crippen LogP contribution in [0.3, 0.4) is 0 Å². The van der Waals surface area contributed by atoms with Crippen LogP contribution in [0.15, 0.2) is 48.5 Å². The lowest BCUT2D eigenvalue weighted by Crippen LogP contribution is -2.04. The monoisotopic (exact) mass is 330 g/mol. The summed E-state index contributed by atoms with van der Waals surface area (Å²) in [5.74, 6) is 1.00.